The minimum Gasteiger partial charge on any atom is -0.444 e. The number of likely N-dealkylation sites (tertiary alicyclic amines) is 1. The zero-order valence-electron chi connectivity index (χ0n) is 12.8. The minimum atomic E-state index is -0.887. The Morgan fingerprint density at radius 2 is 1.80 bits per heavy atom. The summed E-state index contributed by atoms with van der Waals surface area (Å²) in [4.78, 5) is 13.9. The maximum Gasteiger partial charge on any atom is 0.410 e. The minimum absolute atomic E-state index is 0.0478. The lowest BCUT2D eigenvalue weighted by Crippen LogP contribution is -2.44. The first-order valence-electron chi connectivity index (χ1n) is 7.55. The summed E-state index contributed by atoms with van der Waals surface area (Å²) >= 11 is 0. The third-order valence-electron chi connectivity index (χ3n) is 4.34. The van der Waals surface area contributed by atoms with Crippen molar-refractivity contribution in [1.82, 2.24) is 4.90 Å². The second-order valence-electron chi connectivity index (χ2n) is 7.41. The van der Waals surface area contributed by atoms with Crippen LogP contribution in [0.1, 0.15) is 52.9 Å². The van der Waals surface area contributed by atoms with Crippen molar-refractivity contribution in [2.24, 2.45) is 5.41 Å². The third kappa shape index (κ3) is 3.64. The van der Waals surface area contributed by atoms with Gasteiger partial charge in [-0.2, -0.15) is 0 Å². The smallest absolute Gasteiger partial charge is 0.410 e. The van der Waals surface area contributed by atoms with Gasteiger partial charge in [0, 0.05) is 6.54 Å². The number of amides is 1. The Morgan fingerprint density at radius 1 is 1.20 bits per heavy atom. The Hall–Kier alpha value is -0.810. The number of nitrogens with zero attached hydrogens (tertiary/aromatic N) is 1. The normalized spacial score (nSPS) is 30.4. The Labute approximate surface area is 120 Å². The Morgan fingerprint density at radius 3 is 2.35 bits per heavy atom. The van der Waals surface area contributed by atoms with Crippen molar-refractivity contribution in [3.05, 3.63) is 0 Å². The van der Waals surface area contributed by atoms with E-state index < -0.39 is 23.9 Å². The highest BCUT2D eigenvalue weighted by molar-refractivity contribution is 5.68. The molecular formula is C15H27NO4. The van der Waals surface area contributed by atoms with Crippen LogP contribution in [-0.4, -0.2) is 52.1 Å². The zero-order chi connectivity index (χ0) is 15.0. The molecule has 0 bridgehead atoms. The Kier molecular flexibility index (Phi) is 4.30. The molecule has 1 aliphatic heterocycles. The number of carbonyl (C=O) groups is 1. The SMILES string of the molecule is CC(C)(C)OC(=O)N1C[C@H](O)[C@H](O)CC2(CCCC2)C1. The summed E-state index contributed by atoms with van der Waals surface area (Å²) in [6, 6.07) is 0. The highest BCUT2D eigenvalue weighted by Crippen LogP contribution is 2.44. The van der Waals surface area contributed by atoms with Crippen LogP contribution >= 0.6 is 0 Å². The summed E-state index contributed by atoms with van der Waals surface area (Å²) in [5.41, 5.74) is -0.594. The van der Waals surface area contributed by atoms with E-state index in [0.29, 0.717) is 13.0 Å². The van der Waals surface area contributed by atoms with Crippen molar-refractivity contribution in [1.29, 1.82) is 0 Å². The summed E-state index contributed by atoms with van der Waals surface area (Å²) < 4.78 is 5.41. The number of ether oxygens (including phenoxy) is 1. The number of β-amino-alcohol motifs (C(OH)–C–C–N with tert-alkyl or cyclic N) is 1. The van der Waals surface area contributed by atoms with E-state index in [4.69, 9.17) is 4.74 Å². The number of hydrogen-bond acceptors (Lipinski definition) is 4. The van der Waals surface area contributed by atoms with Crippen molar-refractivity contribution >= 4 is 6.09 Å². The van der Waals surface area contributed by atoms with Crippen LogP contribution in [0.15, 0.2) is 0 Å². The van der Waals surface area contributed by atoms with Gasteiger partial charge in [0.05, 0.1) is 18.8 Å². The summed E-state index contributed by atoms with van der Waals surface area (Å²) in [6.45, 7) is 6.23. The molecule has 1 saturated carbocycles. The topological polar surface area (TPSA) is 70.0 Å². The van der Waals surface area contributed by atoms with Crippen LogP contribution in [0.25, 0.3) is 0 Å². The number of rotatable bonds is 0. The molecule has 0 radical (unpaired) electrons. The fourth-order valence-electron chi connectivity index (χ4n) is 3.41. The quantitative estimate of drug-likeness (QED) is 0.713. The molecule has 0 aromatic rings. The van der Waals surface area contributed by atoms with Crippen molar-refractivity contribution in [3.8, 4) is 0 Å². The van der Waals surface area contributed by atoms with Crippen molar-refractivity contribution in [2.45, 2.75) is 70.7 Å². The van der Waals surface area contributed by atoms with Gasteiger partial charge in [0.25, 0.3) is 0 Å². The van der Waals surface area contributed by atoms with E-state index >= 15 is 0 Å². The number of aliphatic hydroxyl groups excluding tert-OH is 2. The summed E-state index contributed by atoms with van der Waals surface area (Å²) in [5, 5.41) is 20.1. The molecule has 1 spiro atoms. The van der Waals surface area contributed by atoms with Gasteiger partial charge < -0.3 is 19.8 Å². The lowest BCUT2D eigenvalue weighted by atomic mass is 9.80. The predicted octanol–water partition coefficient (Wildman–Crippen LogP) is 1.91. The molecule has 20 heavy (non-hydrogen) atoms. The maximum absolute atomic E-state index is 12.3. The first-order valence-corrected chi connectivity index (χ1v) is 7.55. The monoisotopic (exact) mass is 285 g/mol. The van der Waals surface area contributed by atoms with Gasteiger partial charge in [0.15, 0.2) is 0 Å². The van der Waals surface area contributed by atoms with E-state index in [9.17, 15) is 15.0 Å². The molecule has 1 heterocycles. The van der Waals surface area contributed by atoms with E-state index in [0.717, 1.165) is 25.7 Å². The third-order valence-corrected chi connectivity index (χ3v) is 4.34. The van der Waals surface area contributed by atoms with Crippen LogP contribution in [0.3, 0.4) is 0 Å². The first kappa shape index (κ1) is 15.6. The number of carbonyl (C=O) groups excluding carboxylic acids is 1. The summed E-state index contributed by atoms with van der Waals surface area (Å²) in [5.74, 6) is 0. The van der Waals surface area contributed by atoms with Gasteiger partial charge in [-0.1, -0.05) is 12.8 Å². The fourth-order valence-corrected chi connectivity index (χ4v) is 3.41. The van der Waals surface area contributed by atoms with Gasteiger partial charge in [0.1, 0.15) is 5.60 Å². The Balaban J connectivity index is 2.13. The molecule has 5 heteroatoms. The van der Waals surface area contributed by atoms with Crippen LogP contribution in [0, 0.1) is 5.41 Å². The van der Waals surface area contributed by atoms with E-state index in [1.54, 1.807) is 4.90 Å². The highest BCUT2D eigenvalue weighted by Gasteiger charge is 2.44. The molecule has 1 saturated heterocycles. The predicted molar refractivity (Wildman–Crippen MR) is 75.3 cm³/mol. The average Bonchev–Trinajstić information content (AvgIpc) is 2.69. The van der Waals surface area contributed by atoms with Crippen LogP contribution in [0.4, 0.5) is 4.79 Å². The van der Waals surface area contributed by atoms with Gasteiger partial charge in [-0.15, -0.1) is 0 Å². The van der Waals surface area contributed by atoms with Crippen LogP contribution in [-0.2, 0) is 4.74 Å². The number of aliphatic hydroxyl groups is 2. The molecule has 1 amide bonds. The van der Waals surface area contributed by atoms with E-state index in [-0.39, 0.29) is 12.0 Å². The molecular weight excluding hydrogens is 258 g/mol. The highest BCUT2D eigenvalue weighted by atomic mass is 16.6. The second-order valence-corrected chi connectivity index (χ2v) is 7.41. The van der Waals surface area contributed by atoms with E-state index in [2.05, 4.69) is 0 Å². The van der Waals surface area contributed by atoms with Gasteiger partial charge in [0.2, 0.25) is 0 Å². The summed E-state index contributed by atoms with van der Waals surface area (Å²) in [6.07, 6.45) is 2.83. The largest absolute Gasteiger partial charge is 0.444 e. The van der Waals surface area contributed by atoms with Gasteiger partial charge in [-0.05, 0) is 45.4 Å². The maximum atomic E-state index is 12.3. The van der Waals surface area contributed by atoms with Gasteiger partial charge >= 0.3 is 6.09 Å². The van der Waals surface area contributed by atoms with Crippen molar-refractivity contribution in [3.63, 3.8) is 0 Å². The lowest BCUT2D eigenvalue weighted by Gasteiger charge is -2.33. The van der Waals surface area contributed by atoms with Crippen molar-refractivity contribution < 1.29 is 19.7 Å². The molecule has 2 rings (SSSR count). The zero-order valence-corrected chi connectivity index (χ0v) is 12.8. The standard InChI is InChI=1S/C15H27NO4/c1-14(2,3)20-13(19)16-9-12(18)11(17)8-15(10-16)6-4-5-7-15/h11-12,17-18H,4-10H2,1-3H3/t11-,12+/m1/s1. The summed E-state index contributed by atoms with van der Waals surface area (Å²) in [7, 11) is 0. The van der Waals surface area contributed by atoms with Crippen LogP contribution in [0.5, 0.6) is 0 Å². The second kappa shape index (κ2) is 5.53. The molecule has 2 aliphatic rings. The van der Waals surface area contributed by atoms with Gasteiger partial charge in [-0.3, -0.25) is 0 Å². The van der Waals surface area contributed by atoms with Crippen LogP contribution < -0.4 is 0 Å². The molecule has 116 valence electrons. The van der Waals surface area contributed by atoms with Crippen molar-refractivity contribution in [2.75, 3.05) is 13.1 Å². The molecule has 2 atom stereocenters. The van der Waals surface area contributed by atoms with Crippen LogP contribution in [0.2, 0.25) is 0 Å². The molecule has 1 aliphatic carbocycles. The molecule has 0 aromatic carbocycles. The van der Waals surface area contributed by atoms with Gasteiger partial charge in [-0.25, -0.2) is 4.79 Å². The molecule has 2 fully saturated rings. The van der Waals surface area contributed by atoms with E-state index in [1.165, 1.54) is 0 Å². The van der Waals surface area contributed by atoms with E-state index in [1.807, 2.05) is 20.8 Å². The molecule has 2 N–H and O–H groups in total. The average molecular weight is 285 g/mol. The Bertz CT molecular complexity index is 357. The molecule has 0 aromatic heterocycles. The first-order chi connectivity index (χ1) is 9.21. The fraction of sp³-hybridized carbons (Fsp3) is 0.933. The molecule has 0 unspecified atom stereocenters. The number of hydrogen-bond donors (Lipinski definition) is 2. The molecule has 5 nitrogen and oxygen atoms in total. The lowest BCUT2D eigenvalue weighted by molar-refractivity contribution is -0.00696.